The van der Waals surface area contributed by atoms with Crippen molar-refractivity contribution in [3.8, 4) is 0 Å². The van der Waals surface area contributed by atoms with Crippen LogP contribution in [-0.4, -0.2) is 45.5 Å². The van der Waals surface area contributed by atoms with E-state index in [1.807, 2.05) is 0 Å². The van der Waals surface area contributed by atoms with Crippen LogP contribution in [0.5, 0.6) is 0 Å². The Bertz CT molecular complexity index is 186. The van der Waals surface area contributed by atoms with Gasteiger partial charge in [-0.2, -0.15) is 0 Å². The summed E-state index contributed by atoms with van der Waals surface area (Å²) in [7, 11) is 0. The van der Waals surface area contributed by atoms with Crippen LogP contribution in [0.3, 0.4) is 0 Å². The SMILES string of the molecule is O=COCOC(=O)OC1COCOC1. The highest BCUT2D eigenvalue weighted by molar-refractivity contribution is 5.60. The summed E-state index contributed by atoms with van der Waals surface area (Å²) in [5.41, 5.74) is 0. The van der Waals surface area contributed by atoms with E-state index in [9.17, 15) is 9.59 Å². The third-order valence-corrected chi connectivity index (χ3v) is 1.35. The van der Waals surface area contributed by atoms with Crippen LogP contribution in [0, 0.1) is 0 Å². The third kappa shape index (κ3) is 4.06. The summed E-state index contributed by atoms with van der Waals surface area (Å²) >= 11 is 0. The predicted octanol–water partition coefficient (Wildman–Crippen LogP) is -0.357. The first-order chi connectivity index (χ1) is 6.83. The molecule has 1 rings (SSSR count). The van der Waals surface area contributed by atoms with Gasteiger partial charge in [0.25, 0.3) is 6.47 Å². The van der Waals surface area contributed by atoms with E-state index in [1.165, 1.54) is 0 Å². The van der Waals surface area contributed by atoms with Gasteiger partial charge < -0.3 is 23.7 Å². The van der Waals surface area contributed by atoms with Crippen LogP contribution in [-0.2, 0) is 28.5 Å². The average Bonchev–Trinajstić information content (AvgIpc) is 2.20. The Balaban J connectivity index is 2.09. The maximum Gasteiger partial charge on any atom is 0.511 e. The highest BCUT2D eigenvalue weighted by Crippen LogP contribution is 2.02. The molecule has 0 spiro atoms. The van der Waals surface area contributed by atoms with E-state index in [1.54, 1.807) is 0 Å². The lowest BCUT2D eigenvalue weighted by Gasteiger charge is -2.21. The molecule has 0 aromatic rings. The molecule has 0 amide bonds. The Morgan fingerprint density at radius 3 is 2.79 bits per heavy atom. The maximum absolute atomic E-state index is 10.8. The standard InChI is InChI=1S/C7H10O7/c8-3-12-5-13-7(9)14-6-1-10-4-11-2-6/h3,6H,1-2,4-5H2. The molecule has 0 radical (unpaired) electrons. The summed E-state index contributed by atoms with van der Waals surface area (Å²) in [4.78, 5) is 20.5. The summed E-state index contributed by atoms with van der Waals surface area (Å²) in [6.45, 7) is 0.438. The highest BCUT2D eigenvalue weighted by atomic mass is 16.8. The van der Waals surface area contributed by atoms with E-state index in [-0.39, 0.29) is 26.5 Å². The summed E-state index contributed by atoms with van der Waals surface area (Å²) in [5.74, 6) is 0. The molecular formula is C7H10O7. The Hall–Kier alpha value is -1.34. The molecule has 0 aromatic heterocycles. The maximum atomic E-state index is 10.8. The normalized spacial score (nSPS) is 17.1. The van der Waals surface area contributed by atoms with Gasteiger partial charge >= 0.3 is 6.16 Å². The second-order valence-electron chi connectivity index (χ2n) is 2.37. The van der Waals surface area contributed by atoms with Crippen molar-refractivity contribution in [3.05, 3.63) is 0 Å². The quantitative estimate of drug-likeness (QED) is 0.269. The largest absolute Gasteiger partial charge is 0.511 e. The Morgan fingerprint density at radius 2 is 2.14 bits per heavy atom. The number of hydrogen-bond acceptors (Lipinski definition) is 7. The number of rotatable bonds is 4. The minimum absolute atomic E-state index is 0.167. The molecule has 1 saturated heterocycles. The van der Waals surface area contributed by atoms with E-state index in [2.05, 4.69) is 9.47 Å². The first-order valence-corrected chi connectivity index (χ1v) is 3.87. The zero-order valence-electron chi connectivity index (χ0n) is 7.34. The second-order valence-corrected chi connectivity index (χ2v) is 2.37. The van der Waals surface area contributed by atoms with Crippen molar-refractivity contribution < 1.29 is 33.3 Å². The van der Waals surface area contributed by atoms with Crippen molar-refractivity contribution >= 4 is 12.6 Å². The molecule has 0 unspecified atom stereocenters. The van der Waals surface area contributed by atoms with E-state index >= 15 is 0 Å². The molecule has 1 fully saturated rings. The lowest BCUT2D eigenvalue weighted by Crippen LogP contribution is -2.33. The van der Waals surface area contributed by atoms with Gasteiger partial charge in [0, 0.05) is 0 Å². The van der Waals surface area contributed by atoms with E-state index in [4.69, 9.17) is 14.2 Å². The number of ether oxygens (including phenoxy) is 5. The molecule has 0 N–H and O–H groups in total. The van der Waals surface area contributed by atoms with Crippen LogP contribution in [0.25, 0.3) is 0 Å². The van der Waals surface area contributed by atoms with Crippen molar-refractivity contribution in [2.45, 2.75) is 6.10 Å². The monoisotopic (exact) mass is 206 g/mol. The van der Waals surface area contributed by atoms with Gasteiger partial charge in [-0.05, 0) is 0 Å². The van der Waals surface area contributed by atoms with E-state index < -0.39 is 19.1 Å². The summed E-state index contributed by atoms with van der Waals surface area (Å²) < 4.78 is 22.9. The average molecular weight is 206 g/mol. The summed E-state index contributed by atoms with van der Waals surface area (Å²) in [6, 6.07) is 0. The molecule has 1 aliphatic heterocycles. The molecule has 14 heavy (non-hydrogen) atoms. The minimum atomic E-state index is -0.925. The van der Waals surface area contributed by atoms with Crippen LogP contribution < -0.4 is 0 Å². The predicted molar refractivity (Wildman–Crippen MR) is 40.1 cm³/mol. The molecule has 0 bridgehead atoms. The second kappa shape index (κ2) is 6.17. The van der Waals surface area contributed by atoms with Crippen LogP contribution in [0.1, 0.15) is 0 Å². The highest BCUT2D eigenvalue weighted by Gasteiger charge is 2.19. The van der Waals surface area contributed by atoms with Crippen molar-refractivity contribution in [3.63, 3.8) is 0 Å². The lowest BCUT2D eigenvalue weighted by molar-refractivity contribution is -0.163. The van der Waals surface area contributed by atoms with Gasteiger partial charge in [-0.25, -0.2) is 4.79 Å². The Kier molecular flexibility index (Phi) is 4.73. The van der Waals surface area contributed by atoms with Crippen LogP contribution in [0.4, 0.5) is 4.79 Å². The Labute approximate surface area is 79.8 Å². The van der Waals surface area contributed by atoms with Crippen LogP contribution in [0.15, 0.2) is 0 Å². The molecular weight excluding hydrogens is 196 g/mol. The van der Waals surface area contributed by atoms with Gasteiger partial charge in [-0.1, -0.05) is 0 Å². The van der Waals surface area contributed by atoms with Gasteiger partial charge in [0.2, 0.25) is 6.79 Å². The zero-order valence-corrected chi connectivity index (χ0v) is 7.34. The molecule has 7 nitrogen and oxygen atoms in total. The third-order valence-electron chi connectivity index (χ3n) is 1.35. The van der Waals surface area contributed by atoms with Crippen molar-refractivity contribution in [2.24, 2.45) is 0 Å². The molecule has 0 aliphatic carbocycles. The van der Waals surface area contributed by atoms with Crippen LogP contribution in [0.2, 0.25) is 0 Å². The first kappa shape index (κ1) is 10.7. The van der Waals surface area contributed by atoms with Gasteiger partial charge in [0.05, 0.1) is 13.2 Å². The molecule has 1 aliphatic rings. The molecule has 7 heteroatoms. The molecule has 0 saturated carbocycles. The van der Waals surface area contributed by atoms with Gasteiger partial charge in [0.1, 0.15) is 6.79 Å². The van der Waals surface area contributed by atoms with Crippen molar-refractivity contribution in [2.75, 3.05) is 26.8 Å². The zero-order chi connectivity index (χ0) is 10.2. The number of carbonyl (C=O) groups excluding carboxylic acids is 2. The van der Waals surface area contributed by atoms with E-state index in [0.29, 0.717) is 0 Å². The minimum Gasteiger partial charge on any atom is -0.430 e. The van der Waals surface area contributed by atoms with Gasteiger partial charge in [0.15, 0.2) is 6.10 Å². The summed E-state index contributed by atoms with van der Waals surface area (Å²) in [6.07, 6.45) is -1.40. The molecule has 1 heterocycles. The molecule has 80 valence electrons. The van der Waals surface area contributed by atoms with Crippen molar-refractivity contribution in [1.29, 1.82) is 0 Å². The summed E-state index contributed by atoms with van der Waals surface area (Å²) in [5, 5.41) is 0. The number of carbonyl (C=O) groups is 2. The fourth-order valence-electron chi connectivity index (χ4n) is 0.814. The van der Waals surface area contributed by atoms with Crippen molar-refractivity contribution in [1.82, 2.24) is 0 Å². The first-order valence-electron chi connectivity index (χ1n) is 3.87. The topological polar surface area (TPSA) is 80.3 Å². The van der Waals surface area contributed by atoms with Gasteiger partial charge in [-0.3, -0.25) is 4.79 Å². The van der Waals surface area contributed by atoms with E-state index in [0.717, 1.165) is 0 Å². The number of hydrogen-bond donors (Lipinski definition) is 0. The fourth-order valence-corrected chi connectivity index (χ4v) is 0.814. The fraction of sp³-hybridized carbons (Fsp3) is 0.714. The lowest BCUT2D eigenvalue weighted by atomic mass is 10.4. The smallest absolute Gasteiger partial charge is 0.430 e. The molecule has 0 atom stereocenters. The Morgan fingerprint density at radius 1 is 1.43 bits per heavy atom. The molecule has 0 aromatic carbocycles. The van der Waals surface area contributed by atoms with Crippen LogP contribution >= 0.6 is 0 Å². The van der Waals surface area contributed by atoms with Gasteiger partial charge in [-0.15, -0.1) is 0 Å².